The van der Waals surface area contributed by atoms with Crippen LogP contribution in [0.2, 0.25) is 0 Å². The van der Waals surface area contributed by atoms with Crippen LogP contribution in [-0.2, 0) is 19.7 Å². The lowest BCUT2D eigenvalue weighted by atomic mass is 9.89. The van der Waals surface area contributed by atoms with E-state index in [4.69, 9.17) is 16.9 Å². The Morgan fingerprint density at radius 3 is 1.60 bits per heavy atom. The van der Waals surface area contributed by atoms with Crippen LogP contribution in [0.25, 0.3) is 0 Å². The van der Waals surface area contributed by atoms with Gasteiger partial charge in [0.25, 0.3) is 0 Å². The zero-order chi connectivity index (χ0) is 36.2. The van der Waals surface area contributed by atoms with E-state index >= 15 is 0 Å². The molecule has 7 nitrogen and oxygen atoms in total. The van der Waals surface area contributed by atoms with Gasteiger partial charge in [0.05, 0.1) is 15.9 Å². The van der Waals surface area contributed by atoms with Crippen LogP contribution in [0, 0.1) is 23.2 Å². The van der Waals surface area contributed by atoms with E-state index < -0.39 is 19.7 Å². The van der Waals surface area contributed by atoms with E-state index in [1.165, 1.54) is 57.2 Å². The molecule has 0 radical (unpaired) electrons. The summed E-state index contributed by atoms with van der Waals surface area (Å²) >= 11 is 5.53. The zero-order valence-corrected chi connectivity index (χ0v) is 32.9. The third kappa shape index (κ3) is 17.6. The number of halogens is 1. The normalized spacial score (nSPS) is 17.2. The van der Waals surface area contributed by atoms with Crippen LogP contribution < -0.4 is 5.32 Å². The van der Waals surface area contributed by atoms with Gasteiger partial charge in [-0.2, -0.15) is 5.26 Å². The molecule has 0 bridgehead atoms. The SMILES string of the molecule is CC#N.CCCC(C)CCl.CCCC(C)CN1CCC(c2cccc(S(C)(=O)=O)c2)CC1.CS(=O)(=O)c1cccc(C2CCNCC2)c1. The van der Waals surface area contributed by atoms with Crippen molar-refractivity contribution in [1.29, 1.82) is 5.26 Å². The summed E-state index contributed by atoms with van der Waals surface area (Å²) in [5, 5.41) is 10.6. The smallest absolute Gasteiger partial charge is 0.175 e. The first-order valence-electron chi connectivity index (χ1n) is 17.6. The number of alkyl halides is 1. The second kappa shape index (κ2) is 23.4. The summed E-state index contributed by atoms with van der Waals surface area (Å²) in [4.78, 5) is 3.45. The van der Waals surface area contributed by atoms with Gasteiger partial charge >= 0.3 is 0 Å². The van der Waals surface area contributed by atoms with Crippen molar-refractivity contribution in [3.8, 4) is 6.07 Å². The minimum absolute atomic E-state index is 0.434. The number of hydrogen-bond acceptors (Lipinski definition) is 7. The molecule has 2 heterocycles. The standard InChI is InChI=1S/C18H29NO2S.C12H17NO2S.C6H13Cl.C2H3N/c1-4-6-15(2)14-19-11-9-16(10-12-19)17-7-5-8-18(13-17)22(3,20)21;1-16(14,15)12-4-2-3-11(9-12)10-5-7-13-8-6-10;1-3-4-6(2)5-7;1-2-3/h5,7-8,13,15-16H,4,6,9-12,14H2,1-3H3;2-4,9-10,13H,5-8H2,1H3;6H,3-5H2,1-2H3;1H3. The molecule has 2 aliphatic rings. The molecule has 10 heteroatoms. The fourth-order valence-electron chi connectivity index (χ4n) is 6.20. The van der Waals surface area contributed by atoms with E-state index in [1.54, 1.807) is 18.2 Å². The van der Waals surface area contributed by atoms with Crippen LogP contribution >= 0.6 is 11.6 Å². The van der Waals surface area contributed by atoms with Crippen LogP contribution in [0.3, 0.4) is 0 Å². The van der Waals surface area contributed by atoms with E-state index in [1.807, 2.05) is 30.3 Å². The second-order valence-corrected chi connectivity index (χ2v) is 17.8. The van der Waals surface area contributed by atoms with Crippen molar-refractivity contribution in [2.45, 2.75) is 108 Å². The van der Waals surface area contributed by atoms with Gasteiger partial charge in [0.1, 0.15) is 0 Å². The quantitative estimate of drug-likeness (QED) is 0.232. The van der Waals surface area contributed by atoms with Gasteiger partial charge in [0.2, 0.25) is 0 Å². The number of rotatable bonds is 11. The van der Waals surface area contributed by atoms with E-state index in [0.29, 0.717) is 27.5 Å². The molecular weight excluding hydrogens is 662 g/mol. The molecule has 2 fully saturated rings. The Kier molecular flexibility index (Phi) is 21.5. The molecule has 272 valence electrons. The summed E-state index contributed by atoms with van der Waals surface area (Å²) in [5.74, 6) is 3.30. The van der Waals surface area contributed by atoms with Crippen molar-refractivity contribution in [2.24, 2.45) is 11.8 Å². The summed E-state index contributed by atoms with van der Waals surface area (Å²) in [6.45, 7) is 15.9. The molecular formula is C38H62ClN3O4S2. The monoisotopic (exact) mass is 723 g/mol. The predicted octanol–water partition coefficient (Wildman–Crippen LogP) is 8.45. The molecule has 0 aliphatic carbocycles. The third-order valence-electron chi connectivity index (χ3n) is 8.84. The van der Waals surface area contributed by atoms with Crippen molar-refractivity contribution >= 4 is 31.3 Å². The number of nitriles is 1. The Bertz CT molecular complexity index is 1430. The Labute approximate surface area is 298 Å². The molecule has 0 amide bonds. The zero-order valence-electron chi connectivity index (χ0n) is 30.5. The van der Waals surface area contributed by atoms with Gasteiger partial charge < -0.3 is 10.2 Å². The average Bonchev–Trinajstić information content (AvgIpc) is 3.06. The maximum absolute atomic E-state index is 11.7. The lowest BCUT2D eigenvalue weighted by molar-refractivity contribution is 0.183. The van der Waals surface area contributed by atoms with Crippen LogP contribution in [0.1, 0.15) is 109 Å². The Balaban J connectivity index is 0.000000386. The molecule has 2 saturated heterocycles. The van der Waals surface area contributed by atoms with Crippen LogP contribution in [0.4, 0.5) is 0 Å². The number of nitrogens with one attached hydrogen (secondary N) is 1. The van der Waals surface area contributed by atoms with E-state index in [-0.39, 0.29) is 0 Å². The van der Waals surface area contributed by atoms with Gasteiger partial charge in [0, 0.05) is 31.9 Å². The maximum atomic E-state index is 11.7. The van der Waals surface area contributed by atoms with Crippen LogP contribution in [-0.4, -0.2) is 72.9 Å². The molecule has 1 N–H and O–H groups in total. The minimum atomic E-state index is -3.11. The van der Waals surface area contributed by atoms with E-state index in [0.717, 1.165) is 69.2 Å². The summed E-state index contributed by atoms with van der Waals surface area (Å²) in [6.07, 6.45) is 12.1. The molecule has 2 aliphatic heterocycles. The molecule has 2 atom stereocenters. The summed E-state index contributed by atoms with van der Waals surface area (Å²) in [5.41, 5.74) is 2.34. The van der Waals surface area contributed by atoms with Crippen LogP contribution in [0.15, 0.2) is 58.3 Å². The first kappa shape index (κ1) is 44.1. The lowest BCUT2D eigenvalue weighted by Gasteiger charge is -2.33. The van der Waals surface area contributed by atoms with Gasteiger partial charge in [-0.1, -0.05) is 64.8 Å². The highest BCUT2D eigenvalue weighted by atomic mass is 35.5. The first-order chi connectivity index (χ1) is 22.7. The largest absolute Gasteiger partial charge is 0.317 e. The molecule has 0 saturated carbocycles. The molecule has 0 spiro atoms. The van der Waals surface area contributed by atoms with Crippen molar-refractivity contribution in [1.82, 2.24) is 10.2 Å². The fraction of sp³-hybridized carbons (Fsp3) is 0.658. The Hall–Kier alpha value is -1.96. The first-order valence-corrected chi connectivity index (χ1v) is 21.9. The summed E-state index contributed by atoms with van der Waals surface area (Å²) in [6, 6.07) is 16.6. The molecule has 2 unspecified atom stereocenters. The highest BCUT2D eigenvalue weighted by molar-refractivity contribution is 7.91. The van der Waals surface area contributed by atoms with Gasteiger partial charge in [0.15, 0.2) is 19.7 Å². The number of hydrogen-bond donors (Lipinski definition) is 1. The number of piperidine rings is 2. The van der Waals surface area contributed by atoms with Gasteiger partial charge in [-0.05, 0) is 124 Å². The second-order valence-electron chi connectivity index (χ2n) is 13.5. The fourth-order valence-corrected chi connectivity index (χ4v) is 7.70. The van der Waals surface area contributed by atoms with Crippen molar-refractivity contribution < 1.29 is 16.8 Å². The topological polar surface area (TPSA) is 107 Å². The number of benzene rings is 2. The Morgan fingerprint density at radius 1 is 0.812 bits per heavy atom. The summed E-state index contributed by atoms with van der Waals surface area (Å²) in [7, 11) is -6.19. The highest BCUT2D eigenvalue weighted by Gasteiger charge is 2.22. The average molecular weight is 725 g/mol. The Morgan fingerprint density at radius 2 is 1.23 bits per heavy atom. The highest BCUT2D eigenvalue weighted by Crippen LogP contribution is 2.30. The molecule has 2 aromatic rings. The number of sulfone groups is 2. The summed E-state index contributed by atoms with van der Waals surface area (Å²) < 4.78 is 46.3. The molecule has 0 aromatic heterocycles. The van der Waals surface area contributed by atoms with Crippen molar-refractivity contribution in [2.75, 3.05) is 51.1 Å². The number of nitrogens with zero attached hydrogens (tertiary/aromatic N) is 2. The maximum Gasteiger partial charge on any atom is 0.175 e. The van der Waals surface area contributed by atoms with Gasteiger partial charge in [-0.15, -0.1) is 11.6 Å². The lowest BCUT2D eigenvalue weighted by Crippen LogP contribution is -2.36. The molecule has 4 rings (SSSR count). The third-order valence-corrected chi connectivity index (χ3v) is 11.6. The molecule has 2 aromatic carbocycles. The predicted molar refractivity (Wildman–Crippen MR) is 203 cm³/mol. The van der Waals surface area contributed by atoms with E-state index in [2.05, 4.69) is 44.0 Å². The number of likely N-dealkylation sites (tertiary alicyclic amines) is 1. The van der Waals surface area contributed by atoms with Gasteiger partial charge in [-0.3, -0.25) is 0 Å². The minimum Gasteiger partial charge on any atom is -0.317 e. The van der Waals surface area contributed by atoms with Gasteiger partial charge in [-0.25, -0.2) is 16.8 Å². The van der Waals surface area contributed by atoms with Crippen molar-refractivity contribution in [3.63, 3.8) is 0 Å². The van der Waals surface area contributed by atoms with Crippen molar-refractivity contribution in [3.05, 3.63) is 59.7 Å². The van der Waals surface area contributed by atoms with E-state index in [9.17, 15) is 16.8 Å². The molecule has 48 heavy (non-hydrogen) atoms. The van der Waals surface area contributed by atoms with Crippen LogP contribution in [0.5, 0.6) is 0 Å².